The molecule has 5 rings (SSSR count). The van der Waals surface area contributed by atoms with Gasteiger partial charge >= 0.3 is 0 Å². The minimum Gasteiger partial charge on any atom is -0.350 e. The zero-order chi connectivity index (χ0) is 21.4. The number of carbonyl (C=O) groups excluding carboxylic acids is 1. The van der Waals surface area contributed by atoms with Gasteiger partial charge in [-0.2, -0.15) is 9.97 Å². The fourth-order valence-electron chi connectivity index (χ4n) is 3.85. The average Bonchev–Trinajstić information content (AvgIpc) is 3.51. The second-order valence-corrected chi connectivity index (χ2v) is 8.68. The highest BCUT2D eigenvalue weighted by Crippen LogP contribution is 2.34. The number of amides is 1. The van der Waals surface area contributed by atoms with Gasteiger partial charge in [0.05, 0.1) is 4.70 Å². The van der Waals surface area contributed by atoms with Crippen molar-refractivity contribution in [2.24, 2.45) is 0 Å². The molecule has 0 spiro atoms. The number of fused-ring (bicyclic) bond motifs is 1. The van der Waals surface area contributed by atoms with Gasteiger partial charge in [0.25, 0.3) is 0 Å². The molecule has 0 unspecified atom stereocenters. The van der Waals surface area contributed by atoms with Crippen LogP contribution in [-0.4, -0.2) is 38.6 Å². The van der Waals surface area contributed by atoms with Crippen molar-refractivity contribution in [3.05, 3.63) is 53.5 Å². The first-order valence-corrected chi connectivity index (χ1v) is 11.1. The van der Waals surface area contributed by atoms with Crippen LogP contribution in [0.5, 0.6) is 0 Å². The number of hydrogen-bond acceptors (Lipinski definition) is 8. The first kappa shape index (κ1) is 19.6. The summed E-state index contributed by atoms with van der Waals surface area (Å²) in [5, 5.41) is 7.88. The molecule has 31 heavy (non-hydrogen) atoms. The standard InChI is InChI=1S/C22H22N6O2S/c1-13-6-3-4-7-15(13)11-24-21(29)17-8-5-9-28(17)22-26-20-18(31-22)10-16(12-23-20)19-25-14(2)30-27-19/h3-4,6-7,10,12,17H,5,8-9,11H2,1-2H3,(H,24,29)/t17-/m1/s1. The van der Waals surface area contributed by atoms with Crippen molar-refractivity contribution in [1.29, 1.82) is 0 Å². The van der Waals surface area contributed by atoms with E-state index >= 15 is 0 Å². The number of pyridine rings is 1. The molecule has 0 saturated carbocycles. The van der Waals surface area contributed by atoms with Gasteiger partial charge in [0.2, 0.25) is 17.6 Å². The predicted octanol–water partition coefficient (Wildman–Crippen LogP) is 3.64. The van der Waals surface area contributed by atoms with E-state index in [9.17, 15) is 4.79 Å². The quantitative estimate of drug-likeness (QED) is 0.512. The van der Waals surface area contributed by atoms with Crippen molar-refractivity contribution >= 4 is 32.7 Å². The molecular weight excluding hydrogens is 412 g/mol. The van der Waals surface area contributed by atoms with Crippen LogP contribution in [0.3, 0.4) is 0 Å². The molecule has 1 atom stereocenters. The molecule has 1 saturated heterocycles. The summed E-state index contributed by atoms with van der Waals surface area (Å²) in [6.45, 7) is 5.15. The Morgan fingerprint density at radius 3 is 2.97 bits per heavy atom. The number of benzene rings is 1. The van der Waals surface area contributed by atoms with Gasteiger partial charge in [0.15, 0.2) is 10.8 Å². The van der Waals surface area contributed by atoms with E-state index in [1.807, 2.05) is 24.3 Å². The van der Waals surface area contributed by atoms with Crippen LogP contribution in [0.25, 0.3) is 21.7 Å². The third kappa shape index (κ3) is 3.88. The minimum absolute atomic E-state index is 0.0379. The minimum atomic E-state index is -0.219. The number of carbonyl (C=O) groups is 1. The maximum Gasteiger partial charge on any atom is 0.243 e. The van der Waals surface area contributed by atoms with E-state index in [0.29, 0.717) is 23.9 Å². The maximum atomic E-state index is 13.0. The molecule has 0 bridgehead atoms. The summed E-state index contributed by atoms with van der Waals surface area (Å²) in [5.74, 6) is 1.06. The third-order valence-corrected chi connectivity index (χ3v) is 6.57. The van der Waals surface area contributed by atoms with Gasteiger partial charge in [-0.3, -0.25) is 4.79 Å². The monoisotopic (exact) mass is 434 g/mol. The maximum absolute atomic E-state index is 13.0. The highest BCUT2D eigenvalue weighted by molar-refractivity contribution is 7.22. The molecule has 0 radical (unpaired) electrons. The highest BCUT2D eigenvalue weighted by Gasteiger charge is 2.32. The SMILES string of the molecule is Cc1nc(-c2cnc3nc(N4CCC[C@@H]4C(=O)NCc4ccccc4C)sc3c2)no1. The van der Waals surface area contributed by atoms with Crippen molar-refractivity contribution < 1.29 is 9.32 Å². The normalized spacial score (nSPS) is 16.2. The molecule has 1 amide bonds. The summed E-state index contributed by atoms with van der Waals surface area (Å²) in [5.41, 5.74) is 3.76. The van der Waals surface area contributed by atoms with Gasteiger partial charge in [-0.05, 0) is 37.0 Å². The molecule has 0 aliphatic carbocycles. The van der Waals surface area contributed by atoms with Gasteiger partial charge < -0.3 is 14.7 Å². The van der Waals surface area contributed by atoms with Gasteiger partial charge in [-0.15, -0.1) is 0 Å². The molecular formula is C22H22N6O2S. The van der Waals surface area contributed by atoms with Crippen LogP contribution < -0.4 is 10.2 Å². The van der Waals surface area contributed by atoms with Gasteiger partial charge in [-0.1, -0.05) is 40.8 Å². The summed E-state index contributed by atoms with van der Waals surface area (Å²) >= 11 is 1.53. The number of hydrogen-bond donors (Lipinski definition) is 1. The Morgan fingerprint density at radius 1 is 1.29 bits per heavy atom. The Kier molecular flexibility index (Phi) is 5.11. The molecule has 4 heterocycles. The van der Waals surface area contributed by atoms with Gasteiger partial charge in [0, 0.05) is 31.8 Å². The molecule has 1 aliphatic heterocycles. The Hall–Kier alpha value is -3.33. The zero-order valence-electron chi connectivity index (χ0n) is 17.3. The van der Waals surface area contributed by atoms with Crippen LogP contribution in [0.15, 0.2) is 41.1 Å². The van der Waals surface area contributed by atoms with Crippen molar-refractivity contribution in [3.8, 4) is 11.4 Å². The summed E-state index contributed by atoms with van der Waals surface area (Å²) < 4.78 is 6.00. The Morgan fingerprint density at radius 2 is 2.16 bits per heavy atom. The largest absolute Gasteiger partial charge is 0.350 e. The van der Waals surface area contributed by atoms with Crippen LogP contribution >= 0.6 is 11.3 Å². The molecule has 1 N–H and O–H groups in total. The Labute approximate surface area is 183 Å². The number of thiazole rings is 1. The Bertz CT molecular complexity index is 1250. The molecule has 1 fully saturated rings. The predicted molar refractivity (Wildman–Crippen MR) is 119 cm³/mol. The second-order valence-electron chi connectivity index (χ2n) is 7.67. The van der Waals surface area contributed by atoms with E-state index < -0.39 is 0 Å². The number of nitrogens with zero attached hydrogens (tertiary/aromatic N) is 5. The summed E-state index contributed by atoms with van der Waals surface area (Å²) in [7, 11) is 0. The number of nitrogens with one attached hydrogen (secondary N) is 1. The summed E-state index contributed by atoms with van der Waals surface area (Å²) in [6.07, 6.45) is 3.47. The first-order chi connectivity index (χ1) is 15.1. The van der Waals surface area contributed by atoms with Crippen molar-refractivity contribution in [2.75, 3.05) is 11.4 Å². The summed E-state index contributed by atoms with van der Waals surface area (Å²) in [6, 6.07) is 9.85. The molecule has 1 aromatic carbocycles. The molecule has 4 aromatic rings. The number of anilines is 1. The van der Waals surface area contributed by atoms with Crippen LogP contribution in [0.2, 0.25) is 0 Å². The molecule has 8 nitrogen and oxygen atoms in total. The molecule has 9 heteroatoms. The van der Waals surface area contributed by atoms with Crippen molar-refractivity contribution in [1.82, 2.24) is 25.4 Å². The lowest BCUT2D eigenvalue weighted by atomic mass is 10.1. The van der Waals surface area contributed by atoms with Gasteiger partial charge in [0.1, 0.15) is 6.04 Å². The fraction of sp³-hybridized carbons (Fsp3) is 0.318. The molecule has 158 valence electrons. The van der Waals surface area contributed by atoms with E-state index in [0.717, 1.165) is 40.3 Å². The average molecular weight is 435 g/mol. The topological polar surface area (TPSA) is 97.0 Å². The smallest absolute Gasteiger partial charge is 0.243 e. The second kappa shape index (κ2) is 8.07. The van der Waals surface area contributed by atoms with Crippen molar-refractivity contribution in [2.45, 2.75) is 39.3 Å². The van der Waals surface area contributed by atoms with Crippen LogP contribution in [0.1, 0.15) is 29.9 Å². The number of rotatable bonds is 5. The van der Waals surface area contributed by atoms with E-state index in [4.69, 9.17) is 4.52 Å². The van der Waals surface area contributed by atoms with E-state index in [-0.39, 0.29) is 11.9 Å². The first-order valence-electron chi connectivity index (χ1n) is 10.2. The van der Waals surface area contributed by atoms with E-state index in [1.54, 1.807) is 13.1 Å². The third-order valence-electron chi connectivity index (χ3n) is 5.54. The number of aromatic nitrogens is 4. The molecule has 3 aromatic heterocycles. The molecule has 1 aliphatic rings. The van der Waals surface area contributed by atoms with Crippen molar-refractivity contribution in [3.63, 3.8) is 0 Å². The van der Waals surface area contributed by atoms with Crippen LogP contribution in [-0.2, 0) is 11.3 Å². The van der Waals surface area contributed by atoms with Crippen LogP contribution in [0, 0.1) is 13.8 Å². The van der Waals surface area contributed by atoms with Crippen LogP contribution in [0.4, 0.5) is 5.13 Å². The lowest BCUT2D eigenvalue weighted by Crippen LogP contribution is -2.43. The lowest BCUT2D eigenvalue weighted by molar-refractivity contribution is -0.122. The lowest BCUT2D eigenvalue weighted by Gasteiger charge is -2.23. The fourth-order valence-corrected chi connectivity index (χ4v) is 4.89. The van der Waals surface area contributed by atoms with E-state index in [2.05, 4.69) is 43.3 Å². The summed E-state index contributed by atoms with van der Waals surface area (Å²) in [4.78, 5) is 28.5. The number of aryl methyl sites for hydroxylation is 2. The van der Waals surface area contributed by atoms with E-state index in [1.165, 1.54) is 16.9 Å². The highest BCUT2D eigenvalue weighted by atomic mass is 32.1. The van der Waals surface area contributed by atoms with Gasteiger partial charge in [-0.25, -0.2) is 4.98 Å². The zero-order valence-corrected chi connectivity index (χ0v) is 18.1. The Balaban J connectivity index is 1.34.